The van der Waals surface area contributed by atoms with E-state index in [-0.39, 0.29) is 0 Å². The van der Waals surface area contributed by atoms with E-state index in [1.54, 1.807) is 0 Å². The van der Waals surface area contributed by atoms with Crippen molar-refractivity contribution in [1.29, 1.82) is 0 Å². The first-order valence-electron chi connectivity index (χ1n) is 9.62. The Balaban J connectivity index is 1.86. The molecule has 0 aliphatic heterocycles. The van der Waals surface area contributed by atoms with Crippen molar-refractivity contribution in [2.75, 3.05) is 0 Å². The van der Waals surface area contributed by atoms with Crippen molar-refractivity contribution in [3.05, 3.63) is 96.6 Å². The maximum absolute atomic E-state index is 6.47. The van der Waals surface area contributed by atoms with Gasteiger partial charge < -0.3 is 4.42 Å². The van der Waals surface area contributed by atoms with Gasteiger partial charge in [-0.3, -0.25) is 0 Å². The Morgan fingerprint density at radius 3 is 2.18 bits per heavy atom. The van der Waals surface area contributed by atoms with Gasteiger partial charge in [0.05, 0.1) is 0 Å². The zero-order valence-corrected chi connectivity index (χ0v) is 15.6. The van der Waals surface area contributed by atoms with Crippen molar-refractivity contribution >= 4 is 43.5 Å². The Bertz CT molecular complexity index is 1520. The average Bonchev–Trinajstić information content (AvgIpc) is 3.10. The molecule has 28 heavy (non-hydrogen) atoms. The molecule has 0 atom stereocenters. The molecule has 0 radical (unpaired) electrons. The van der Waals surface area contributed by atoms with Crippen LogP contribution in [-0.2, 0) is 0 Å². The first kappa shape index (κ1) is 15.5. The van der Waals surface area contributed by atoms with Crippen molar-refractivity contribution in [2.24, 2.45) is 0 Å². The van der Waals surface area contributed by atoms with Crippen LogP contribution < -0.4 is 0 Å². The van der Waals surface area contributed by atoms with E-state index < -0.39 is 0 Å². The van der Waals surface area contributed by atoms with Crippen LogP contribution in [0.4, 0.5) is 0 Å². The minimum Gasteiger partial charge on any atom is -0.455 e. The quantitative estimate of drug-likeness (QED) is 0.291. The third-order valence-corrected chi connectivity index (χ3v) is 5.66. The van der Waals surface area contributed by atoms with E-state index >= 15 is 0 Å². The summed E-state index contributed by atoms with van der Waals surface area (Å²) in [5, 5.41) is 7.18. The molecule has 5 aromatic carbocycles. The number of benzene rings is 5. The molecule has 1 heteroatoms. The van der Waals surface area contributed by atoms with Crippen LogP contribution in [0.3, 0.4) is 0 Å². The molecular weight excluding hydrogens is 340 g/mol. The molecule has 0 aliphatic rings. The largest absolute Gasteiger partial charge is 0.455 e. The molecule has 0 spiro atoms. The zero-order valence-electron chi connectivity index (χ0n) is 15.6. The maximum atomic E-state index is 6.47. The van der Waals surface area contributed by atoms with E-state index in [1.165, 1.54) is 43.6 Å². The monoisotopic (exact) mass is 358 g/mol. The van der Waals surface area contributed by atoms with E-state index in [2.05, 4.69) is 97.9 Å². The molecule has 0 saturated heterocycles. The summed E-state index contributed by atoms with van der Waals surface area (Å²) in [6.45, 7) is 2.14. The van der Waals surface area contributed by atoms with Gasteiger partial charge in [-0.2, -0.15) is 0 Å². The van der Waals surface area contributed by atoms with E-state index in [0.29, 0.717) is 0 Å². The Morgan fingerprint density at radius 1 is 0.607 bits per heavy atom. The molecule has 1 aromatic heterocycles. The standard InChI is InChI=1S/C27H18O/c1-17-7-6-11-20(13-17)23-15-21-10-4-5-12-22(21)27-26(23)24-14-18-8-2-3-9-19(18)16-25(24)28-27/h2-16H,1H3. The van der Waals surface area contributed by atoms with Crippen LogP contribution in [0.15, 0.2) is 95.4 Å². The molecule has 6 rings (SSSR count). The maximum Gasteiger partial charge on any atom is 0.143 e. The fraction of sp³-hybridized carbons (Fsp3) is 0.0370. The van der Waals surface area contributed by atoms with Gasteiger partial charge in [0, 0.05) is 16.2 Å². The lowest BCUT2D eigenvalue weighted by Gasteiger charge is -2.08. The fourth-order valence-corrected chi connectivity index (χ4v) is 4.34. The smallest absolute Gasteiger partial charge is 0.143 e. The van der Waals surface area contributed by atoms with Crippen LogP contribution in [0.2, 0.25) is 0 Å². The minimum atomic E-state index is 0.943. The van der Waals surface area contributed by atoms with Crippen molar-refractivity contribution in [2.45, 2.75) is 6.92 Å². The van der Waals surface area contributed by atoms with Crippen LogP contribution in [0.1, 0.15) is 5.56 Å². The summed E-state index contributed by atoms with van der Waals surface area (Å²) < 4.78 is 6.47. The molecule has 0 saturated carbocycles. The van der Waals surface area contributed by atoms with Crippen molar-refractivity contribution in [3.63, 3.8) is 0 Å². The molecule has 0 aliphatic carbocycles. The van der Waals surface area contributed by atoms with Gasteiger partial charge in [0.2, 0.25) is 0 Å². The van der Waals surface area contributed by atoms with Crippen LogP contribution in [0.25, 0.3) is 54.6 Å². The summed E-state index contributed by atoms with van der Waals surface area (Å²) in [6, 6.07) is 32.4. The summed E-state index contributed by atoms with van der Waals surface area (Å²) in [7, 11) is 0. The topological polar surface area (TPSA) is 13.1 Å². The number of hydrogen-bond donors (Lipinski definition) is 0. The van der Waals surface area contributed by atoms with Gasteiger partial charge in [-0.1, -0.05) is 78.4 Å². The number of hydrogen-bond acceptors (Lipinski definition) is 1. The third kappa shape index (κ3) is 2.20. The van der Waals surface area contributed by atoms with Crippen molar-refractivity contribution < 1.29 is 4.42 Å². The second-order valence-corrected chi connectivity index (χ2v) is 7.52. The van der Waals surface area contributed by atoms with Crippen LogP contribution in [0, 0.1) is 6.92 Å². The van der Waals surface area contributed by atoms with E-state index in [4.69, 9.17) is 4.42 Å². The molecular formula is C27H18O. The van der Waals surface area contributed by atoms with Gasteiger partial charge in [0.1, 0.15) is 11.2 Å². The first-order valence-corrected chi connectivity index (χ1v) is 9.62. The number of aryl methyl sites for hydroxylation is 1. The lowest BCUT2D eigenvalue weighted by atomic mass is 9.94. The predicted octanol–water partition coefficient (Wildman–Crippen LogP) is 7.87. The van der Waals surface area contributed by atoms with Gasteiger partial charge in [-0.25, -0.2) is 0 Å². The van der Waals surface area contributed by atoms with Gasteiger partial charge in [0.25, 0.3) is 0 Å². The fourth-order valence-electron chi connectivity index (χ4n) is 4.34. The Hall–Kier alpha value is -3.58. The molecule has 1 nitrogen and oxygen atoms in total. The van der Waals surface area contributed by atoms with Crippen LogP contribution in [0.5, 0.6) is 0 Å². The highest BCUT2D eigenvalue weighted by atomic mass is 16.3. The lowest BCUT2D eigenvalue weighted by molar-refractivity contribution is 0.673. The third-order valence-electron chi connectivity index (χ3n) is 5.66. The van der Waals surface area contributed by atoms with E-state index in [9.17, 15) is 0 Å². The Labute approximate surface area is 162 Å². The van der Waals surface area contributed by atoms with Gasteiger partial charge >= 0.3 is 0 Å². The lowest BCUT2D eigenvalue weighted by Crippen LogP contribution is -1.83. The van der Waals surface area contributed by atoms with E-state index in [0.717, 1.165) is 16.6 Å². The Kier molecular flexibility index (Phi) is 3.15. The number of furan rings is 1. The highest BCUT2D eigenvalue weighted by Gasteiger charge is 2.16. The SMILES string of the molecule is Cc1cccc(-c2cc3ccccc3c3oc4cc5ccccc5cc4c23)c1. The van der Waals surface area contributed by atoms with Gasteiger partial charge in [-0.15, -0.1) is 0 Å². The van der Waals surface area contributed by atoms with Crippen molar-refractivity contribution in [3.8, 4) is 11.1 Å². The number of rotatable bonds is 1. The highest BCUT2D eigenvalue weighted by molar-refractivity contribution is 6.22. The van der Waals surface area contributed by atoms with Crippen LogP contribution >= 0.6 is 0 Å². The Morgan fingerprint density at radius 2 is 1.36 bits per heavy atom. The second-order valence-electron chi connectivity index (χ2n) is 7.52. The summed E-state index contributed by atoms with van der Waals surface area (Å²) in [5.41, 5.74) is 5.63. The molecule has 0 amide bonds. The van der Waals surface area contributed by atoms with Gasteiger partial charge in [0.15, 0.2) is 0 Å². The molecule has 1 heterocycles. The molecule has 0 unspecified atom stereocenters. The zero-order chi connectivity index (χ0) is 18.7. The predicted molar refractivity (Wildman–Crippen MR) is 119 cm³/mol. The van der Waals surface area contributed by atoms with E-state index in [1.807, 2.05) is 0 Å². The molecule has 0 bridgehead atoms. The number of fused-ring (bicyclic) bond motifs is 6. The normalized spacial score (nSPS) is 11.8. The second kappa shape index (κ2) is 5.71. The summed E-state index contributed by atoms with van der Waals surface area (Å²) in [4.78, 5) is 0. The molecule has 0 N–H and O–H groups in total. The van der Waals surface area contributed by atoms with Crippen LogP contribution in [-0.4, -0.2) is 0 Å². The molecule has 0 fully saturated rings. The minimum absolute atomic E-state index is 0.943. The summed E-state index contributed by atoms with van der Waals surface area (Å²) in [6.07, 6.45) is 0. The molecule has 132 valence electrons. The van der Waals surface area contributed by atoms with Gasteiger partial charge in [-0.05, 0) is 52.4 Å². The highest BCUT2D eigenvalue weighted by Crippen LogP contribution is 2.42. The average molecular weight is 358 g/mol. The summed E-state index contributed by atoms with van der Waals surface area (Å²) in [5.74, 6) is 0. The van der Waals surface area contributed by atoms with Crippen molar-refractivity contribution in [1.82, 2.24) is 0 Å². The summed E-state index contributed by atoms with van der Waals surface area (Å²) >= 11 is 0. The molecule has 6 aromatic rings. The first-order chi connectivity index (χ1) is 13.8.